The van der Waals surface area contributed by atoms with Crippen LogP contribution in [0, 0.1) is 0 Å². The Morgan fingerprint density at radius 2 is 1.91 bits per heavy atom. The van der Waals surface area contributed by atoms with Crippen molar-refractivity contribution in [3.05, 3.63) is 35.9 Å². The molecule has 0 aromatic heterocycles. The molecule has 0 bridgehead atoms. The van der Waals surface area contributed by atoms with E-state index >= 15 is 0 Å². The summed E-state index contributed by atoms with van der Waals surface area (Å²) in [6.07, 6.45) is 3.34. The molecule has 1 aromatic rings. The lowest BCUT2D eigenvalue weighted by molar-refractivity contribution is -0.127. The van der Waals surface area contributed by atoms with Crippen LogP contribution in [0.2, 0.25) is 0 Å². The van der Waals surface area contributed by atoms with Gasteiger partial charge in [0.2, 0.25) is 5.91 Å². The summed E-state index contributed by atoms with van der Waals surface area (Å²) in [5, 5.41) is 3.41. The molecule has 1 saturated heterocycles. The van der Waals surface area contributed by atoms with E-state index in [2.05, 4.69) is 39.5 Å². The van der Waals surface area contributed by atoms with Crippen LogP contribution in [0.4, 0.5) is 0 Å². The summed E-state index contributed by atoms with van der Waals surface area (Å²) in [7, 11) is 3.52. The quantitative estimate of drug-likeness (QED) is 0.660. The van der Waals surface area contributed by atoms with Crippen LogP contribution in [-0.4, -0.2) is 61.9 Å². The van der Waals surface area contributed by atoms with Gasteiger partial charge in [0, 0.05) is 33.7 Å². The zero-order chi connectivity index (χ0) is 15.8. The molecule has 22 heavy (non-hydrogen) atoms. The average Bonchev–Trinajstić information content (AvgIpc) is 3.05. The SMILES string of the molecule is CN(C)C(=O)CN=C(NCCc1ccccc1)N1CCCC1. The lowest BCUT2D eigenvalue weighted by Gasteiger charge is -2.21. The van der Waals surface area contributed by atoms with Crippen LogP contribution in [0.3, 0.4) is 0 Å². The zero-order valence-corrected chi connectivity index (χ0v) is 13.6. The van der Waals surface area contributed by atoms with E-state index in [1.54, 1.807) is 19.0 Å². The minimum Gasteiger partial charge on any atom is -0.356 e. The number of carbonyl (C=O) groups is 1. The third-order valence-corrected chi connectivity index (χ3v) is 3.81. The molecule has 0 atom stereocenters. The lowest BCUT2D eigenvalue weighted by Crippen LogP contribution is -2.41. The molecule has 0 spiro atoms. The van der Waals surface area contributed by atoms with Crippen LogP contribution in [0.5, 0.6) is 0 Å². The number of amides is 1. The van der Waals surface area contributed by atoms with Crippen molar-refractivity contribution in [2.75, 3.05) is 40.3 Å². The maximum absolute atomic E-state index is 11.7. The molecule has 1 heterocycles. The molecule has 1 aromatic carbocycles. The predicted molar refractivity (Wildman–Crippen MR) is 90.0 cm³/mol. The third-order valence-electron chi connectivity index (χ3n) is 3.81. The fourth-order valence-electron chi connectivity index (χ4n) is 2.44. The molecule has 0 aliphatic carbocycles. The number of hydrogen-bond donors (Lipinski definition) is 1. The second-order valence-corrected chi connectivity index (χ2v) is 5.78. The van der Waals surface area contributed by atoms with E-state index < -0.39 is 0 Å². The van der Waals surface area contributed by atoms with Crippen molar-refractivity contribution in [2.45, 2.75) is 19.3 Å². The molecule has 0 unspecified atom stereocenters. The number of carbonyl (C=O) groups excluding carboxylic acids is 1. The van der Waals surface area contributed by atoms with Crippen molar-refractivity contribution >= 4 is 11.9 Å². The van der Waals surface area contributed by atoms with Crippen LogP contribution in [0.25, 0.3) is 0 Å². The van der Waals surface area contributed by atoms with Gasteiger partial charge in [-0.05, 0) is 24.8 Å². The van der Waals surface area contributed by atoms with Crippen LogP contribution in [-0.2, 0) is 11.2 Å². The number of nitrogens with one attached hydrogen (secondary N) is 1. The van der Waals surface area contributed by atoms with E-state index in [-0.39, 0.29) is 12.5 Å². The third kappa shape index (κ3) is 5.06. The largest absolute Gasteiger partial charge is 0.356 e. The molecule has 1 aliphatic rings. The number of hydrogen-bond acceptors (Lipinski definition) is 2. The fourth-order valence-corrected chi connectivity index (χ4v) is 2.44. The fraction of sp³-hybridized carbons (Fsp3) is 0.529. The van der Waals surface area contributed by atoms with Gasteiger partial charge in [-0.25, -0.2) is 4.99 Å². The van der Waals surface area contributed by atoms with Gasteiger partial charge in [0.15, 0.2) is 5.96 Å². The molecule has 120 valence electrons. The first kappa shape index (κ1) is 16.3. The van der Waals surface area contributed by atoms with Crippen LogP contribution >= 0.6 is 0 Å². The summed E-state index contributed by atoms with van der Waals surface area (Å²) in [5.41, 5.74) is 1.31. The standard InChI is InChI=1S/C17H26N4O/c1-20(2)16(22)14-19-17(21-12-6-7-13-21)18-11-10-15-8-4-3-5-9-15/h3-5,8-9H,6-7,10-14H2,1-2H3,(H,18,19). The maximum Gasteiger partial charge on any atom is 0.243 e. The predicted octanol–water partition coefficient (Wildman–Crippen LogP) is 1.36. The Bertz CT molecular complexity index is 493. The number of benzene rings is 1. The highest BCUT2D eigenvalue weighted by Crippen LogP contribution is 2.07. The molecule has 1 amide bonds. The molecule has 1 N–H and O–H groups in total. The summed E-state index contributed by atoms with van der Waals surface area (Å²) in [6, 6.07) is 10.4. The van der Waals surface area contributed by atoms with Gasteiger partial charge in [-0.15, -0.1) is 0 Å². The van der Waals surface area contributed by atoms with Gasteiger partial charge in [-0.3, -0.25) is 4.79 Å². The molecule has 2 rings (SSSR count). The Balaban J connectivity index is 1.89. The van der Waals surface area contributed by atoms with E-state index in [9.17, 15) is 4.79 Å². The molecule has 0 radical (unpaired) electrons. The molecular formula is C17H26N4O. The highest BCUT2D eigenvalue weighted by atomic mass is 16.2. The van der Waals surface area contributed by atoms with Crippen molar-refractivity contribution in [1.29, 1.82) is 0 Å². The number of likely N-dealkylation sites (N-methyl/N-ethyl adjacent to an activating group) is 1. The smallest absolute Gasteiger partial charge is 0.243 e. The number of likely N-dealkylation sites (tertiary alicyclic amines) is 1. The molecule has 0 saturated carbocycles. The first-order valence-corrected chi connectivity index (χ1v) is 7.94. The van der Waals surface area contributed by atoms with E-state index in [0.717, 1.165) is 32.0 Å². The monoisotopic (exact) mass is 302 g/mol. The summed E-state index contributed by atoms with van der Waals surface area (Å²) in [5.74, 6) is 0.894. The molecular weight excluding hydrogens is 276 g/mol. The highest BCUT2D eigenvalue weighted by molar-refractivity contribution is 5.85. The van der Waals surface area contributed by atoms with Crippen LogP contribution < -0.4 is 5.32 Å². The first-order chi connectivity index (χ1) is 10.7. The number of rotatable bonds is 5. The molecule has 5 nitrogen and oxygen atoms in total. The Morgan fingerprint density at radius 3 is 2.55 bits per heavy atom. The van der Waals surface area contributed by atoms with E-state index in [4.69, 9.17) is 0 Å². The van der Waals surface area contributed by atoms with E-state index in [0.29, 0.717) is 0 Å². The van der Waals surface area contributed by atoms with Gasteiger partial charge >= 0.3 is 0 Å². The highest BCUT2D eigenvalue weighted by Gasteiger charge is 2.16. The topological polar surface area (TPSA) is 47.9 Å². The number of guanidine groups is 1. The first-order valence-electron chi connectivity index (χ1n) is 7.94. The molecule has 5 heteroatoms. The Hall–Kier alpha value is -2.04. The second kappa shape index (κ2) is 8.41. The van der Waals surface area contributed by atoms with Gasteiger partial charge in [0.1, 0.15) is 6.54 Å². The summed E-state index contributed by atoms with van der Waals surface area (Å²) >= 11 is 0. The van der Waals surface area contributed by atoms with Gasteiger partial charge in [-0.1, -0.05) is 30.3 Å². The van der Waals surface area contributed by atoms with Gasteiger partial charge in [0.05, 0.1) is 0 Å². The average molecular weight is 302 g/mol. The number of aliphatic imine (C=N–C) groups is 1. The minimum absolute atomic E-state index is 0.0292. The van der Waals surface area contributed by atoms with E-state index in [1.165, 1.54) is 18.4 Å². The van der Waals surface area contributed by atoms with Crippen LogP contribution in [0.15, 0.2) is 35.3 Å². The van der Waals surface area contributed by atoms with Gasteiger partial charge in [-0.2, -0.15) is 0 Å². The Kier molecular flexibility index (Phi) is 6.25. The normalized spacial score (nSPS) is 15.0. The Morgan fingerprint density at radius 1 is 1.23 bits per heavy atom. The van der Waals surface area contributed by atoms with Gasteiger partial charge in [0.25, 0.3) is 0 Å². The van der Waals surface area contributed by atoms with Gasteiger partial charge < -0.3 is 15.1 Å². The second-order valence-electron chi connectivity index (χ2n) is 5.78. The van der Waals surface area contributed by atoms with Crippen LogP contribution in [0.1, 0.15) is 18.4 Å². The molecule has 1 fully saturated rings. The number of nitrogens with zero attached hydrogens (tertiary/aromatic N) is 3. The lowest BCUT2D eigenvalue weighted by atomic mass is 10.1. The molecule has 1 aliphatic heterocycles. The van der Waals surface area contributed by atoms with Crippen molar-refractivity contribution in [3.63, 3.8) is 0 Å². The summed E-state index contributed by atoms with van der Waals surface area (Å²) in [4.78, 5) is 20.1. The van der Waals surface area contributed by atoms with Crippen molar-refractivity contribution in [1.82, 2.24) is 15.1 Å². The summed E-state index contributed by atoms with van der Waals surface area (Å²) in [6.45, 7) is 3.08. The van der Waals surface area contributed by atoms with Crippen molar-refractivity contribution in [3.8, 4) is 0 Å². The Labute approximate surface area is 133 Å². The van der Waals surface area contributed by atoms with Crippen molar-refractivity contribution in [2.24, 2.45) is 4.99 Å². The summed E-state index contributed by atoms with van der Waals surface area (Å²) < 4.78 is 0. The maximum atomic E-state index is 11.7. The van der Waals surface area contributed by atoms with Crippen molar-refractivity contribution < 1.29 is 4.79 Å². The van der Waals surface area contributed by atoms with E-state index in [1.807, 2.05) is 6.07 Å². The zero-order valence-electron chi connectivity index (χ0n) is 13.6. The minimum atomic E-state index is 0.0292.